The van der Waals surface area contributed by atoms with E-state index in [1.54, 1.807) is 7.11 Å². The Morgan fingerprint density at radius 1 is 1.29 bits per heavy atom. The van der Waals surface area contributed by atoms with Gasteiger partial charge in [0.05, 0.1) is 19.8 Å². The van der Waals surface area contributed by atoms with Gasteiger partial charge >= 0.3 is 0 Å². The third-order valence-electron chi connectivity index (χ3n) is 5.82. The minimum atomic E-state index is 0.269. The molecular weight excluding hydrogens is 411 g/mol. The summed E-state index contributed by atoms with van der Waals surface area (Å²) >= 11 is 2.35. The van der Waals surface area contributed by atoms with Crippen molar-refractivity contribution in [3.05, 3.63) is 39.5 Å². The van der Waals surface area contributed by atoms with E-state index in [1.807, 2.05) is 12.1 Å². The van der Waals surface area contributed by atoms with Gasteiger partial charge in [-0.2, -0.15) is 0 Å². The zero-order chi connectivity index (χ0) is 17.6. The van der Waals surface area contributed by atoms with E-state index < -0.39 is 0 Å². The van der Waals surface area contributed by atoms with Crippen molar-refractivity contribution in [1.29, 1.82) is 0 Å². The maximum absolute atomic E-state index is 6.43. The number of ether oxygens (including phenoxy) is 2. The summed E-state index contributed by atoms with van der Waals surface area (Å²) in [6.07, 6.45) is 6.53. The first-order valence-electron chi connectivity index (χ1n) is 9.00. The highest BCUT2D eigenvalue weighted by Gasteiger charge is 2.42. The molecule has 1 saturated carbocycles. The van der Waals surface area contributed by atoms with Crippen LogP contribution in [0.15, 0.2) is 33.9 Å². The lowest BCUT2D eigenvalue weighted by molar-refractivity contribution is -0.0958. The van der Waals surface area contributed by atoms with Crippen LogP contribution in [0.2, 0.25) is 0 Å². The fourth-order valence-corrected chi connectivity index (χ4v) is 4.02. The summed E-state index contributed by atoms with van der Waals surface area (Å²) in [5.74, 6) is 1.62. The molecule has 3 atom stereocenters. The Morgan fingerprint density at radius 2 is 2.00 bits per heavy atom. The molecule has 3 heteroatoms. The summed E-state index contributed by atoms with van der Waals surface area (Å²) in [6.45, 7) is 7.77. The van der Waals surface area contributed by atoms with Gasteiger partial charge in [0.2, 0.25) is 0 Å². The van der Waals surface area contributed by atoms with Gasteiger partial charge in [-0.15, -0.1) is 0 Å². The van der Waals surface area contributed by atoms with Gasteiger partial charge in [0.1, 0.15) is 5.75 Å². The molecule has 1 aliphatic carbocycles. The van der Waals surface area contributed by atoms with E-state index >= 15 is 0 Å². The normalized spacial score (nSPS) is 28.0. The lowest BCUT2D eigenvalue weighted by Crippen LogP contribution is -2.43. The Bertz CT molecular complexity index is 537. The number of benzene rings is 1. The molecule has 24 heavy (non-hydrogen) atoms. The fourth-order valence-electron chi connectivity index (χ4n) is 3.71. The fraction of sp³-hybridized carbons (Fsp3) is 0.619. The second-order valence-electron chi connectivity index (χ2n) is 7.44. The molecule has 0 radical (unpaired) electrons. The minimum absolute atomic E-state index is 0.269. The predicted molar refractivity (Wildman–Crippen MR) is 110 cm³/mol. The molecule has 0 bridgehead atoms. The van der Waals surface area contributed by atoms with Crippen LogP contribution in [-0.4, -0.2) is 13.2 Å². The molecule has 2 rings (SSSR count). The van der Waals surface area contributed by atoms with Crippen LogP contribution in [-0.2, 0) is 11.3 Å². The first kappa shape index (κ1) is 19.8. The van der Waals surface area contributed by atoms with Crippen LogP contribution in [0.3, 0.4) is 0 Å². The van der Waals surface area contributed by atoms with E-state index in [0.29, 0.717) is 18.6 Å². The second-order valence-corrected chi connectivity index (χ2v) is 8.06. The van der Waals surface area contributed by atoms with Crippen LogP contribution >= 0.6 is 22.6 Å². The summed E-state index contributed by atoms with van der Waals surface area (Å²) < 4.78 is 13.9. The molecule has 1 aliphatic rings. The smallest absolute Gasteiger partial charge is 0.118 e. The second kappa shape index (κ2) is 9.23. The summed E-state index contributed by atoms with van der Waals surface area (Å²) in [7, 11) is 1.70. The Balaban J connectivity index is 2.01. The van der Waals surface area contributed by atoms with Gasteiger partial charge in [-0.25, -0.2) is 0 Å². The van der Waals surface area contributed by atoms with Crippen molar-refractivity contribution in [3.63, 3.8) is 0 Å². The third-order valence-corrected chi connectivity index (χ3v) is 6.88. The summed E-state index contributed by atoms with van der Waals surface area (Å²) in [6, 6.07) is 8.22. The van der Waals surface area contributed by atoms with Gasteiger partial charge < -0.3 is 9.47 Å². The van der Waals surface area contributed by atoms with Gasteiger partial charge in [-0.05, 0) is 65.7 Å². The van der Waals surface area contributed by atoms with Crippen LogP contribution in [0.25, 0.3) is 0 Å². The van der Waals surface area contributed by atoms with Gasteiger partial charge in [0.25, 0.3) is 0 Å². The van der Waals surface area contributed by atoms with Crippen molar-refractivity contribution >= 4 is 22.6 Å². The van der Waals surface area contributed by atoms with E-state index in [-0.39, 0.29) is 5.41 Å². The van der Waals surface area contributed by atoms with Gasteiger partial charge in [-0.1, -0.05) is 60.6 Å². The van der Waals surface area contributed by atoms with Crippen molar-refractivity contribution < 1.29 is 9.47 Å². The lowest BCUT2D eigenvalue weighted by Gasteiger charge is -2.46. The maximum Gasteiger partial charge on any atom is 0.118 e. The Kier molecular flexibility index (Phi) is 7.60. The molecule has 1 fully saturated rings. The van der Waals surface area contributed by atoms with E-state index in [0.717, 1.165) is 5.75 Å². The number of methoxy groups -OCH3 is 1. The monoisotopic (exact) mass is 442 g/mol. The van der Waals surface area contributed by atoms with Gasteiger partial charge in [0.15, 0.2) is 0 Å². The van der Waals surface area contributed by atoms with E-state index in [1.165, 1.54) is 43.2 Å². The largest absolute Gasteiger partial charge is 0.497 e. The molecule has 0 aromatic heterocycles. The molecule has 0 heterocycles. The van der Waals surface area contributed by atoms with Crippen molar-refractivity contribution in [2.45, 2.75) is 65.6 Å². The maximum atomic E-state index is 6.43. The molecule has 0 saturated heterocycles. The molecule has 1 aromatic rings. The first-order chi connectivity index (χ1) is 11.5. The number of halogens is 1. The number of hydrogen-bond donors (Lipinski definition) is 0. The standard InChI is InChI=1S/C21H31IO2/c1-16(14-22)12-13-21(3)17(2)6-5-7-20(21)24-15-18-8-10-19(23-4)11-9-18/h8-11,14,17,20H,5-7,12-13,15H2,1-4H3/b16-14+/t17-,20+,21+/m1/s1. The van der Waals surface area contributed by atoms with E-state index in [4.69, 9.17) is 9.47 Å². The zero-order valence-electron chi connectivity index (χ0n) is 15.5. The Hall–Kier alpha value is -0.550. The molecule has 0 spiro atoms. The molecule has 1 aromatic carbocycles. The van der Waals surface area contributed by atoms with Crippen LogP contribution < -0.4 is 4.74 Å². The van der Waals surface area contributed by atoms with Crippen molar-refractivity contribution in [2.24, 2.45) is 11.3 Å². The average Bonchev–Trinajstić information content (AvgIpc) is 2.61. The van der Waals surface area contributed by atoms with Crippen molar-refractivity contribution in [2.75, 3.05) is 7.11 Å². The lowest BCUT2D eigenvalue weighted by atomic mass is 9.64. The number of hydrogen-bond acceptors (Lipinski definition) is 2. The molecule has 0 N–H and O–H groups in total. The van der Waals surface area contributed by atoms with Gasteiger partial charge in [-0.3, -0.25) is 0 Å². The number of allylic oxidation sites excluding steroid dienone is 1. The molecule has 0 unspecified atom stereocenters. The Morgan fingerprint density at radius 3 is 2.62 bits per heavy atom. The predicted octanol–water partition coefficient (Wildman–Crippen LogP) is 6.53. The summed E-state index contributed by atoms with van der Waals surface area (Å²) in [5, 5.41) is 0. The van der Waals surface area contributed by atoms with E-state index in [2.05, 4.69) is 59.6 Å². The molecule has 0 amide bonds. The first-order valence-corrected chi connectivity index (χ1v) is 10.2. The highest BCUT2D eigenvalue weighted by molar-refractivity contribution is 14.1. The zero-order valence-corrected chi connectivity index (χ0v) is 17.6. The van der Waals surface area contributed by atoms with Crippen LogP contribution in [0, 0.1) is 11.3 Å². The SMILES string of the molecule is COc1ccc(CO[C@H]2CCC[C@@H](C)[C@]2(C)CC/C(C)=C/I)cc1. The quantitative estimate of drug-likeness (QED) is 0.448. The van der Waals surface area contributed by atoms with Crippen LogP contribution in [0.1, 0.15) is 58.4 Å². The van der Waals surface area contributed by atoms with Gasteiger partial charge in [0, 0.05) is 0 Å². The average molecular weight is 442 g/mol. The highest BCUT2D eigenvalue weighted by atomic mass is 127. The molecular formula is C21H31IO2. The minimum Gasteiger partial charge on any atom is -0.497 e. The van der Waals surface area contributed by atoms with Crippen molar-refractivity contribution in [1.82, 2.24) is 0 Å². The van der Waals surface area contributed by atoms with Crippen LogP contribution in [0.4, 0.5) is 0 Å². The molecule has 134 valence electrons. The summed E-state index contributed by atoms with van der Waals surface area (Å²) in [5.41, 5.74) is 2.97. The van der Waals surface area contributed by atoms with E-state index in [9.17, 15) is 0 Å². The molecule has 2 nitrogen and oxygen atoms in total. The van der Waals surface area contributed by atoms with Crippen LogP contribution in [0.5, 0.6) is 5.75 Å². The molecule has 0 aliphatic heterocycles. The summed E-state index contributed by atoms with van der Waals surface area (Å²) in [4.78, 5) is 0. The van der Waals surface area contributed by atoms with Crippen molar-refractivity contribution in [3.8, 4) is 5.75 Å². The third kappa shape index (κ3) is 4.98. The Labute approximate surface area is 161 Å². The highest BCUT2D eigenvalue weighted by Crippen LogP contribution is 2.46. The topological polar surface area (TPSA) is 18.5 Å². The number of rotatable bonds is 7.